The predicted molar refractivity (Wildman–Crippen MR) is 64.1 cm³/mol. The molecule has 1 atom stereocenters. The minimum absolute atomic E-state index is 0.195. The van der Waals surface area contributed by atoms with Gasteiger partial charge in [-0.1, -0.05) is 17.7 Å². The Morgan fingerprint density at radius 1 is 1.50 bits per heavy atom. The van der Waals surface area contributed by atoms with Crippen LogP contribution in [0.15, 0.2) is 18.2 Å². The summed E-state index contributed by atoms with van der Waals surface area (Å²) in [5.74, 6) is -0.357. The highest BCUT2D eigenvalue weighted by atomic mass is 35.5. The van der Waals surface area contributed by atoms with Crippen LogP contribution in [0.25, 0.3) is 0 Å². The highest BCUT2D eigenvalue weighted by Gasteiger charge is 2.11. The molecule has 2 nitrogen and oxygen atoms in total. The topological polar surface area (TPSA) is 24.1 Å². The zero-order valence-corrected chi connectivity index (χ0v) is 9.86. The molecular formula is C12H16ClFN2. The monoisotopic (exact) mass is 242 g/mol. The van der Waals surface area contributed by atoms with E-state index in [9.17, 15) is 4.39 Å². The first-order valence-electron chi connectivity index (χ1n) is 5.64. The normalized spacial score (nSPS) is 21.0. The molecule has 4 heteroatoms. The second-order valence-electron chi connectivity index (χ2n) is 4.17. The fourth-order valence-electron chi connectivity index (χ4n) is 1.94. The number of halogens is 2. The Morgan fingerprint density at radius 2 is 2.38 bits per heavy atom. The molecule has 0 aliphatic carbocycles. The van der Waals surface area contributed by atoms with Crippen molar-refractivity contribution < 1.29 is 4.39 Å². The molecule has 2 rings (SSSR count). The summed E-state index contributed by atoms with van der Waals surface area (Å²) in [6.07, 6.45) is 2.41. The molecule has 16 heavy (non-hydrogen) atoms. The van der Waals surface area contributed by atoms with Crippen molar-refractivity contribution in [1.82, 2.24) is 10.6 Å². The van der Waals surface area contributed by atoms with Gasteiger partial charge in [-0.3, -0.25) is 0 Å². The van der Waals surface area contributed by atoms with Gasteiger partial charge in [0, 0.05) is 19.1 Å². The van der Waals surface area contributed by atoms with Gasteiger partial charge in [0.05, 0.1) is 5.02 Å². The van der Waals surface area contributed by atoms with Crippen molar-refractivity contribution in [2.24, 2.45) is 0 Å². The summed E-state index contributed by atoms with van der Waals surface area (Å²) in [5, 5.41) is 6.98. The molecule has 1 aromatic carbocycles. The number of hydrogen-bond donors (Lipinski definition) is 2. The number of piperidine rings is 1. The van der Waals surface area contributed by atoms with E-state index in [1.807, 2.05) is 0 Å². The van der Waals surface area contributed by atoms with Crippen LogP contribution < -0.4 is 10.6 Å². The van der Waals surface area contributed by atoms with E-state index in [2.05, 4.69) is 10.6 Å². The minimum Gasteiger partial charge on any atom is -0.315 e. The Bertz CT molecular complexity index is 351. The molecule has 1 aliphatic rings. The van der Waals surface area contributed by atoms with Crippen LogP contribution >= 0.6 is 11.6 Å². The average molecular weight is 243 g/mol. The summed E-state index contributed by atoms with van der Waals surface area (Å²) in [5.41, 5.74) is 1.02. The quantitative estimate of drug-likeness (QED) is 0.850. The van der Waals surface area contributed by atoms with Gasteiger partial charge < -0.3 is 10.6 Å². The highest BCUT2D eigenvalue weighted by molar-refractivity contribution is 6.30. The van der Waals surface area contributed by atoms with Gasteiger partial charge in [0.1, 0.15) is 5.82 Å². The minimum atomic E-state index is -0.357. The van der Waals surface area contributed by atoms with E-state index >= 15 is 0 Å². The molecule has 2 N–H and O–H groups in total. The number of hydrogen-bond acceptors (Lipinski definition) is 2. The number of nitrogens with one attached hydrogen (secondary N) is 2. The van der Waals surface area contributed by atoms with Crippen LogP contribution in [0.1, 0.15) is 18.4 Å². The van der Waals surface area contributed by atoms with Crippen LogP contribution in [-0.2, 0) is 6.54 Å². The zero-order valence-electron chi connectivity index (χ0n) is 9.10. The molecule has 0 spiro atoms. The van der Waals surface area contributed by atoms with E-state index in [4.69, 9.17) is 11.6 Å². The van der Waals surface area contributed by atoms with Crippen LogP contribution in [0.5, 0.6) is 0 Å². The molecule has 0 bridgehead atoms. The van der Waals surface area contributed by atoms with Crippen LogP contribution in [-0.4, -0.2) is 19.1 Å². The second kappa shape index (κ2) is 5.62. The Kier molecular flexibility index (Phi) is 4.16. The number of rotatable bonds is 3. The fourth-order valence-corrected chi connectivity index (χ4v) is 2.14. The lowest BCUT2D eigenvalue weighted by Gasteiger charge is -2.23. The van der Waals surface area contributed by atoms with E-state index < -0.39 is 0 Å². The first-order valence-corrected chi connectivity index (χ1v) is 6.01. The van der Waals surface area contributed by atoms with Gasteiger partial charge in [-0.05, 0) is 37.1 Å². The zero-order chi connectivity index (χ0) is 11.4. The van der Waals surface area contributed by atoms with Crippen LogP contribution in [0.3, 0.4) is 0 Å². The van der Waals surface area contributed by atoms with Gasteiger partial charge in [0.2, 0.25) is 0 Å². The summed E-state index contributed by atoms with van der Waals surface area (Å²) in [6, 6.07) is 5.38. The van der Waals surface area contributed by atoms with E-state index in [-0.39, 0.29) is 10.8 Å². The molecule has 1 aromatic rings. The maximum absolute atomic E-state index is 12.9. The van der Waals surface area contributed by atoms with Crippen molar-refractivity contribution in [3.63, 3.8) is 0 Å². The third kappa shape index (κ3) is 3.17. The maximum atomic E-state index is 12.9. The highest BCUT2D eigenvalue weighted by Crippen LogP contribution is 2.16. The molecule has 1 heterocycles. The van der Waals surface area contributed by atoms with Gasteiger partial charge >= 0.3 is 0 Å². The van der Waals surface area contributed by atoms with Crippen molar-refractivity contribution in [2.75, 3.05) is 13.1 Å². The average Bonchev–Trinajstić information content (AvgIpc) is 2.32. The van der Waals surface area contributed by atoms with E-state index in [1.165, 1.54) is 18.9 Å². The largest absolute Gasteiger partial charge is 0.315 e. The maximum Gasteiger partial charge on any atom is 0.141 e. The Labute approximate surface area is 100 Å². The molecule has 0 aromatic heterocycles. The summed E-state index contributed by atoms with van der Waals surface area (Å²) in [4.78, 5) is 0. The number of benzene rings is 1. The molecule has 1 unspecified atom stereocenters. The summed E-state index contributed by atoms with van der Waals surface area (Å²) >= 11 is 5.72. The smallest absolute Gasteiger partial charge is 0.141 e. The summed E-state index contributed by atoms with van der Waals surface area (Å²) in [6.45, 7) is 2.86. The lowest BCUT2D eigenvalue weighted by Crippen LogP contribution is -2.42. The Balaban J connectivity index is 1.86. The van der Waals surface area contributed by atoms with Gasteiger partial charge in [0.15, 0.2) is 0 Å². The first kappa shape index (κ1) is 11.8. The second-order valence-corrected chi connectivity index (χ2v) is 4.58. The summed E-state index contributed by atoms with van der Waals surface area (Å²) < 4.78 is 12.9. The third-order valence-electron chi connectivity index (χ3n) is 2.88. The van der Waals surface area contributed by atoms with Crippen molar-refractivity contribution >= 4 is 11.6 Å². The SMILES string of the molecule is Fc1ccc(CNC2CCCNC2)cc1Cl. The van der Waals surface area contributed by atoms with Gasteiger partial charge in [0.25, 0.3) is 0 Å². The molecular weight excluding hydrogens is 227 g/mol. The standard InChI is InChI=1S/C12H16ClFN2/c13-11-6-9(3-4-12(11)14)7-16-10-2-1-5-15-8-10/h3-4,6,10,15-16H,1-2,5,7-8H2. The lowest BCUT2D eigenvalue weighted by molar-refractivity contribution is 0.389. The van der Waals surface area contributed by atoms with E-state index in [0.29, 0.717) is 6.04 Å². The van der Waals surface area contributed by atoms with Crippen LogP contribution in [0.4, 0.5) is 4.39 Å². The van der Waals surface area contributed by atoms with Crippen molar-refractivity contribution in [1.29, 1.82) is 0 Å². The molecule has 88 valence electrons. The first-order chi connectivity index (χ1) is 7.75. The Morgan fingerprint density at radius 3 is 3.06 bits per heavy atom. The van der Waals surface area contributed by atoms with E-state index in [1.54, 1.807) is 12.1 Å². The molecule has 1 saturated heterocycles. The molecule has 0 saturated carbocycles. The van der Waals surface area contributed by atoms with Gasteiger partial charge in [-0.25, -0.2) is 4.39 Å². The van der Waals surface area contributed by atoms with Crippen LogP contribution in [0, 0.1) is 5.82 Å². The van der Waals surface area contributed by atoms with Crippen LogP contribution in [0.2, 0.25) is 5.02 Å². The van der Waals surface area contributed by atoms with Crippen molar-refractivity contribution in [3.8, 4) is 0 Å². The van der Waals surface area contributed by atoms with E-state index in [0.717, 1.165) is 25.2 Å². The molecule has 0 amide bonds. The lowest BCUT2D eigenvalue weighted by atomic mass is 10.1. The van der Waals surface area contributed by atoms with Crippen molar-refractivity contribution in [2.45, 2.75) is 25.4 Å². The van der Waals surface area contributed by atoms with Gasteiger partial charge in [-0.15, -0.1) is 0 Å². The molecule has 1 aliphatic heterocycles. The third-order valence-corrected chi connectivity index (χ3v) is 3.17. The molecule has 0 radical (unpaired) electrons. The Hall–Kier alpha value is -0.640. The molecule has 1 fully saturated rings. The summed E-state index contributed by atoms with van der Waals surface area (Å²) in [7, 11) is 0. The van der Waals surface area contributed by atoms with Gasteiger partial charge in [-0.2, -0.15) is 0 Å². The predicted octanol–water partition coefficient (Wildman–Crippen LogP) is 2.32. The van der Waals surface area contributed by atoms with Crippen molar-refractivity contribution in [3.05, 3.63) is 34.6 Å². The fraction of sp³-hybridized carbons (Fsp3) is 0.500.